The van der Waals surface area contributed by atoms with Gasteiger partial charge >= 0.3 is 0 Å². The van der Waals surface area contributed by atoms with Crippen LogP contribution in [0.25, 0.3) is 0 Å². The minimum Gasteiger partial charge on any atom is -0.326 e. The van der Waals surface area contributed by atoms with Crippen molar-refractivity contribution in [2.75, 3.05) is 5.32 Å². The molecule has 1 aromatic carbocycles. The van der Waals surface area contributed by atoms with Crippen molar-refractivity contribution in [2.45, 2.75) is 45.6 Å². The summed E-state index contributed by atoms with van der Waals surface area (Å²) in [6, 6.07) is 10.8. The van der Waals surface area contributed by atoms with Crippen LogP contribution in [0, 0.1) is 5.41 Å². The molecule has 0 amide bonds. The van der Waals surface area contributed by atoms with Gasteiger partial charge < -0.3 is 9.88 Å². The lowest BCUT2D eigenvalue weighted by molar-refractivity contribution is 0.184. The smallest absolute Gasteiger partial charge is 0.207 e. The lowest BCUT2D eigenvalue weighted by Gasteiger charge is -2.36. The van der Waals surface area contributed by atoms with E-state index < -0.39 is 0 Å². The molecule has 0 saturated heterocycles. The minimum absolute atomic E-state index is 0.442. The topological polar surface area (TPSA) is 29.9 Å². The number of hydrogen-bond donors (Lipinski definition) is 1. The summed E-state index contributed by atoms with van der Waals surface area (Å²) in [7, 11) is 0. The molecule has 0 bridgehead atoms. The van der Waals surface area contributed by atoms with Crippen molar-refractivity contribution in [1.29, 1.82) is 0 Å². The lowest BCUT2D eigenvalue weighted by atomic mass is 9.75. The van der Waals surface area contributed by atoms with E-state index in [-0.39, 0.29) is 0 Å². The molecule has 3 nitrogen and oxygen atoms in total. The Kier molecular flexibility index (Phi) is 3.51. The SMILES string of the molecule is CC1(C)CCCC(n2ccnc2Nc2ccccc2)C1. The van der Waals surface area contributed by atoms with Crippen LogP contribution in [0.1, 0.15) is 45.6 Å². The van der Waals surface area contributed by atoms with Crippen LogP contribution in [0.15, 0.2) is 42.7 Å². The van der Waals surface area contributed by atoms with Gasteiger partial charge in [0.15, 0.2) is 0 Å². The molecular weight excluding hydrogens is 246 g/mol. The third kappa shape index (κ3) is 2.87. The van der Waals surface area contributed by atoms with Gasteiger partial charge in [0.1, 0.15) is 0 Å². The van der Waals surface area contributed by atoms with Gasteiger partial charge in [-0.25, -0.2) is 4.98 Å². The van der Waals surface area contributed by atoms with Crippen LogP contribution in [0.3, 0.4) is 0 Å². The minimum atomic E-state index is 0.442. The first-order chi connectivity index (χ1) is 9.64. The molecule has 0 radical (unpaired) electrons. The van der Waals surface area contributed by atoms with E-state index in [1.165, 1.54) is 25.7 Å². The highest BCUT2D eigenvalue weighted by Crippen LogP contribution is 2.41. The van der Waals surface area contributed by atoms with Gasteiger partial charge in [-0.2, -0.15) is 0 Å². The van der Waals surface area contributed by atoms with Crippen LogP contribution >= 0.6 is 0 Å². The molecule has 20 heavy (non-hydrogen) atoms. The number of nitrogens with one attached hydrogen (secondary N) is 1. The van der Waals surface area contributed by atoms with Crippen molar-refractivity contribution in [2.24, 2.45) is 5.41 Å². The second kappa shape index (κ2) is 5.31. The first kappa shape index (κ1) is 13.2. The van der Waals surface area contributed by atoms with Crippen molar-refractivity contribution in [1.82, 2.24) is 9.55 Å². The highest BCUT2D eigenvalue weighted by Gasteiger charge is 2.29. The number of nitrogens with zero attached hydrogens (tertiary/aromatic N) is 2. The highest BCUT2D eigenvalue weighted by molar-refractivity contribution is 5.53. The maximum Gasteiger partial charge on any atom is 0.207 e. The predicted octanol–water partition coefficient (Wildman–Crippen LogP) is 4.77. The molecule has 1 heterocycles. The predicted molar refractivity (Wildman–Crippen MR) is 83.2 cm³/mol. The van der Waals surface area contributed by atoms with Crippen LogP contribution in [-0.4, -0.2) is 9.55 Å². The number of hydrogen-bond acceptors (Lipinski definition) is 2. The van der Waals surface area contributed by atoms with Crippen molar-refractivity contribution >= 4 is 11.6 Å². The molecular formula is C17H23N3. The van der Waals surface area contributed by atoms with E-state index in [1.54, 1.807) is 0 Å². The maximum absolute atomic E-state index is 4.49. The van der Waals surface area contributed by atoms with Crippen molar-refractivity contribution < 1.29 is 0 Å². The Labute approximate surface area is 121 Å². The van der Waals surface area contributed by atoms with Crippen molar-refractivity contribution in [3.8, 4) is 0 Å². The molecule has 1 aliphatic carbocycles. The summed E-state index contributed by atoms with van der Waals surface area (Å²) in [6.45, 7) is 4.75. The highest BCUT2D eigenvalue weighted by atomic mass is 15.2. The van der Waals surface area contributed by atoms with E-state index in [9.17, 15) is 0 Å². The monoisotopic (exact) mass is 269 g/mol. The molecule has 1 N–H and O–H groups in total. The van der Waals surface area contributed by atoms with Crippen LogP contribution in [0.2, 0.25) is 0 Å². The Morgan fingerprint density at radius 3 is 2.80 bits per heavy atom. The van der Waals surface area contributed by atoms with Crippen LogP contribution < -0.4 is 5.32 Å². The van der Waals surface area contributed by atoms with E-state index >= 15 is 0 Å². The average molecular weight is 269 g/mol. The maximum atomic E-state index is 4.49. The third-order valence-electron chi connectivity index (χ3n) is 4.27. The van der Waals surface area contributed by atoms with Gasteiger partial charge in [0.2, 0.25) is 5.95 Å². The second-order valence-corrected chi connectivity index (χ2v) is 6.56. The van der Waals surface area contributed by atoms with Gasteiger partial charge in [-0.15, -0.1) is 0 Å². The lowest BCUT2D eigenvalue weighted by Crippen LogP contribution is -2.25. The van der Waals surface area contributed by atoms with Gasteiger partial charge in [0.05, 0.1) is 0 Å². The largest absolute Gasteiger partial charge is 0.326 e. The molecule has 0 aliphatic heterocycles. The number of aromatic nitrogens is 2. The molecule has 2 aromatic rings. The average Bonchev–Trinajstić information content (AvgIpc) is 2.87. The molecule has 3 rings (SSSR count). The summed E-state index contributed by atoms with van der Waals surface area (Å²) in [4.78, 5) is 4.49. The van der Waals surface area contributed by atoms with Crippen molar-refractivity contribution in [3.05, 3.63) is 42.7 Å². The fourth-order valence-corrected chi connectivity index (χ4v) is 3.25. The summed E-state index contributed by atoms with van der Waals surface area (Å²) >= 11 is 0. The first-order valence-electron chi connectivity index (χ1n) is 7.49. The van der Waals surface area contributed by atoms with E-state index in [1.807, 2.05) is 24.4 Å². The Bertz CT molecular complexity index is 557. The Morgan fingerprint density at radius 2 is 2.05 bits per heavy atom. The zero-order valence-corrected chi connectivity index (χ0v) is 12.3. The third-order valence-corrected chi connectivity index (χ3v) is 4.27. The summed E-state index contributed by atoms with van der Waals surface area (Å²) < 4.78 is 2.31. The van der Waals surface area contributed by atoms with E-state index in [2.05, 4.69) is 47.0 Å². The quantitative estimate of drug-likeness (QED) is 0.870. The van der Waals surface area contributed by atoms with E-state index in [4.69, 9.17) is 0 Å². The van der Waals surface area contributed by atoms with Crippen LogP contribution in [0.5, 0.6) is 0 Å². The van der Waals surface area contributed by atoms with Gasteiger partial charge in [0, 0.05) is 24.1 Å². The zero-order valence-electron chi connectivity index (χ0n) is 12.3. The molecule has 1 unspecified atom stereocenters. The molecule has 1 saturated carbocycles. The summed E-state index contributed by atoms with van der Waals surface area (Å²) in [5, 5.41) is 3.43. The summed E-state index contributed by atoms with van der Waals surface area (Å²) in [6.07, 6.45) is 9.13. The van der Waals surface area contributed by atoms with Crippen LogP contribution in [-0.2, 0) is 0 Å². The number of rotatable bonds is 3. The molecule has 1 fully saturated rings. The molecule has 1 aromatic heterocycles. The molecule has 1 atom stereocenters. The fraction of sp³-hybridized carbons (Fsp3) is 0.471. The normalized spacial score (nSPS) is 21.6. The number of imidazole rings is 1. The van der Waals surface area contributed by atoms with Gasteiger partial charge in [0.25, 0.3) is 0 Å². The van der Waals surface area contributed by atoms with E-state index in [0.717, 1.165) is 11.6 Å². The van der Waals surface area contributed by atoms with Gasteiger partial charge in [-0.3, -0.25) is 0 Å². The Morgan fingerprint density at radius 1 is 1.25 bits per heavy atom. The number of benzene rings is 1. The Balaban J connectivity index is 1.80. The standard InChI is InChI=1S/C17H23N3/c1-17(2)10-6-9-15(13-17)20-12-11-18-16(20)19-14-7-4-3-5-8-14/h3-5,7-8,11-12,15H,6,9-10,13H2,1-2H3,(H,18,19). The second-order valence-electron chi connectivity index (χ2n) is 6.56. The van der Waals surface area contributed by atoms with Crippen molar-refractivity contribution in [3.63, 3.8) is 0 Å². The first-order valence-corrected chi connectivity index (χ1v) is 7.49. The van der Waals surface area contributed by atoms with E-state index in [0.29, 0.717) is 11.5 Å². The Hall–Kier alpha value is -1.77. The number of para-hydroxylation sites is 1. The fourth-order valence-electron chi connectivity index (χ4n) is 3.25. The molecule has 1 aliphatic rings. The van der Waals surface area contributed by atoms with Gasteiger partial charge in [-0.05, 0) is 36.8 Å². The molecule has 106 valence electrons. The number of anilines is 2. The van der Waals surface area contributed by atoms with Gasteiger partial charge in [-0.1, -0.05) is 38.5 Å². The molecule has 0 spiro atoms. The summed E-state index contributed by atoms with van der Waals surface area (Å²) in [5.74, 6) is 0.957. The molecule has 3 heteroatoms. The zero-order chi connectivity index (χ0) is 14.0. The van der Waals surface area contributed by atoms with Crippen LogP contribution in [0.4, 0.5) is 11.6 Å². The summed E-state index contributed by atoms with van der Waals surface area (Å²) in [5.41, 5.74) is 1.53.